The molecule has 1 atom stereocenters. The summed E-state index contributed by atoms with van der Waals surface area (Å²) in [6.45, 7) is 5.76. The van der Waals surface area contributed by atoms with Crippen LogP contribution >= 0.6 is 0 Å². The Labute approximate surface area is 121 Å². The number of carboxylic acid groups (broad SMARTS) is 1. The molecule has 114 valence electrons. The number of aliphatic carboxylic acids is 1. The standard InChI is InChI=1S/C16H27NO3/c1-12(2)10-16(6-3-4-7-16)15(20)17-8-5-13(11-17)9-14(18)19/h12-13H,3-11H2,1-2H3,(H,18,19). The Kier molecular flexibility index (Phi) is 4.71. The van der Waals surface area contributed by atoms with Crippen LogP contribution in [0.4, 0.5) is 0 Å². The van der Waals surface area contributed by atoms with Gasteiger partial charge in [-0.1, -0.05) is 26.7 Å². The van der Waals surface area contributed by atoms with Gasteiger partial charge in [-0.15, -0.1) is 0 Å². The number of carbonyl (C=O) groups is 2. The molecule has 1 aliphatic heterocycles. The summed E-state index contributed by atoms with van der Waals surface area (Å²) in [5, 5.41) is 8.88. The predicted octanol–water partition coefficient (Wildman–Crippen LogP) is 2.92. The van der Waals surface area contributed by atoms with Crippen molar-refractivity contribution in [1.29, 1.82) is 0 Å². The highest BCUT2D eigenvalue weighted by atomic mass is 16.4. The monoisotopic (exact) mass is 281 g/mol. The van der Waals surface area contributed by atoms with Gasteiger partial charge in [0.25, 0.3) is 0 Å². The van der Waals surface area contributed by atoms with E-state index in [4.69, 9.17) is 5.11 Å². The average Bonchev–Trinajstić information content (AvgIpc) is 2.97. The lowest BCUT2D eigenvalue weighted by atomic mass is 9.77. The molecule has 0 aromatic rings. The van der Waals surface area contributed by atoms with E-state index in [9.17, 15) is 9.59 Å². The molecular weight excluding hydrogens is 254 g/mol. The fourth-order valence-corrected chi connectivity index (χ4v) is 4.10. The van der Waals surface area contributed by atoms with Crippen molar-refractivity contribution in [2.75, 3.05) is 13.1 Å². The van der Waals surface area contributed by atoms with Crippen molar-refractivity contribution >= 4 is 11.9 Å². The summed E-state index contributed by atoms with van der Waals surface area (Å²) < 4.78 is 0. The topological polar surface area (TPSA) is 57.6 Å². The van der Waals surface area contributed by atoms with Crippen LogP contribution in [0, 0.1) is 17.3 Å². The summed E-state index contributed by atoms with van der Waals surface area (Å²) in [5.74, 6) is 0.238. The summed E-state index contributed by atoms with van der Waals surface area (Å²) in [6.07, 6.45) is 6.37. The van der Waals surface area contributed by atoms with Crippen molar-refractivity contribution in [1.82, 2.24) is 4.90 Å². The first kappa shape index (κ1) is 15.3. The number of carbonyl (C=O) groups excluding carboxylic acids is 1. The van der Waals surface area contributed by atoms with Gasteiger partial charge in [0, 0.05) is 24.9 Å². The van der Waals surface area contributed by atoms with Gasteiger partial charge in [-0.3, -0.25) is 9.59 Å². The molecule has 20 heavy (non-hydrogen) atoms. The first-order valence-corrected chi connectivity index (χ1v) is 7.94. The number of hydrogen-bond acceptors (Lipinski definition) is 2. The minimum atomic E-state index is -0.748. The molecule has 1 amide bonds. The molecule has 1 aliphatic carbocycles. The Morgan fingerprint density at radius 3 is 2.50 bits per heavy atom. The Hall–Kier alpha value is -1.06. The fourth-order valence-electron chi connectivity index (χ4n) is 4.10. The minimum absolute atomic E-state index is 0.147. The summed E-state index contributed by atoms with van der Waals surface area (Å²) in [7, 11) is 0. The Bertz CT molecular complexity index is 372. The molecule has 0 aromatic carbocycles. The zero-order chi connectivity index (χ0) is 14.8. The van der Waals surface area contributed by atoms with Gasteiger partial charge in [0.05, 0.1) is 0 Å². The van der Waals surface area contributed by atoms with Crippen molar-refractivity contribution in [2.45, 2.75) is 58.8 Å². The lowest BCUT2D eigenvalue weighted by Gasteiger charge is -2.34. The van der Waals surface area contributed by atoms with Crippen LogP contribution in [0.25, 0.3) is 0 Å². The summed E-state index contributed by atoms with van der Waals surface area (Å²) in [5.41, 5.74) is -0.147. The van der Waals surface area contributed by atoms with Gasteiger partial charge in [0.1, 0.15) is 0 Å². The van der Waals surface area contributed by atoms with Crippen molar-refractivity contribution in [3.05, 3.63) is 0 Å². The average molecular weight is 281 g/mol. The van der Waals surface area contributed by atoms with Crippen LogP contribution in [0.1, 0.15) is 58.8 Å². The van der Waals surface area contributed by atoms with Crippen molar-refractivity contribution in [2.24, 2.45) is 17.3 Å². The highest BCUT2D eigenvalue weighted by molar-refractivity contribution is 5.83. The van der Waals surface area contributed by atoms with Crippen LogP contribution in [0.3, 0.4) is 0 Å². The van der Waals surface area contributed by atoms with E-state index in [1.807, 2.05) is 4.90 Å². The van der Waals surface area contributed by atoms with Crippen LogP contribution in [-0.4, -0.2) is 35.0 Å². The highest BCUT2D eigenvalue weighted by Crippen LogP contribution is 2.45. The van der Waals surface area contributed by atoms with Crippen LogP contribution in [0.2, 0.25) is 0 Å². The second kappa shape index (κ2) is 6.15. The van der Waals surface area contributed by atoms with Crippen molar-refractivity contribution < 1.29 is 14.7 Å². The van der Waals surface area contributed by atoms with E-state index in [0.717, 1.165) is 45.1 Å². The quantitative estimate of drug-likeness (QED) is 0.843. The molecule has 2 fully saturated rings. The zero-order valence-corrected chi connectivity index (χ0v) is 12.7. The Morgan fingerprint density at radius 2 is 1.95 bits per heavy atom. The second-order valence-corrected chi connectivity index (χ2v) is 7.09. The van der Waals surface area contributed by atoms with Crippen LogP contribution in [0.15, 0.2) is 0 Å². The molecule has 0 spiro atoms. The SMILES string of the molecule is CC(C)CC1(C(=O)N2CCC(CC(=O)O)C2)CCCC1. The van der Waals surface area contributed by atoms with E-state index in [1.165, 1.54) is 0 Å². The van der Waals surface area contributed by atoms with E-state index in [1.54, 1.807) is 0 Å². The molecule has 0 aromatic heterocycles. The van der Waals surface area contributed by atoms with E-state index in [2.05, 4.69) is 13.8 Å². The van der Waals surface area contributed by atoms with E-state index < -0.39 is 5.97 Å². The maximum Gasteiger partial charge on any atom is 0.303 e. The molecule has 1 saturated heterocycles. The van der Waals surface area contributed by atoms with E-state index in [-0.39, 0.29) is 17.8 Å². The smallest absolute Gasteiger partial charge is 0.303 e. The fraction of sp³-hybridized carbons (Fsp3) is 0.875. The lowest BCUT2D eigenvalue weighted by Crippen LogP contribution is -2.42. The number of carboxylic acids is 1. The molecule has 2 aliphatic rings. The van der Waals surface area contributed by atoms with Crippen LogP contribution in [0.5, 0.6) is 0 Å². The largest absolute Gasteiger partial charge is 0.481 e. The maximum absolute atomic E-state index is 12.9. The van der Waals surface area contributed by atoms with Crippen LogP contribution < -0.4 is 0 Å². The molecule has 0 radical (unpaired) electrons. The third-order valence-electron chi connectivity index (χ3n) is 4.85. The molecule has 0 bridgehead atoms. The normalized spacial score (nSPS) is 25.4. The third kappa shape index (κ3) is 3.33. The molecule has 4 heteroatoms. The lowest BCUT2D eigenvalue weighted by molar-refractivity contribution is -0.143. The maximum atomic E-state index is 12.9. The first-order valence-electron chi connectivity index (χ1n) is 7.94. The Balaban J connectivity index is 2.00. The van der Waals surface area contributed by atoms with E-state index >= 15 is 0 Å². The van der Waals surface area contributed by atoms with Crippen molar-refractivity contribution in [3.63, 3.8) is 0 Å². The summed E-state index contributed by atoms with van der Waals surface area (Å²) in [6, 6.07) is 0. The molecular formula is C16H27NO3. The third-order valence-corrected chi connectivity index (χ3v) is 4.85. The Morgan fingerprint density at radius 1 is 1.30 bits per heavy atom. The van der Waals surface area contributed by atoms with E-state index in [0.29, 0.717) is 18.4 Å². The molecule has 2 rings (SSSR count). The molecule has 1 N–H and O–H groups in total. The van der Waals surface area contributed by atoms with Gasteiger partial charge < -0.3 is 10.0 Å². The molecule has 1 saturated carbocycles. The van der Waals surface area contributed by atoms with Gasteiger partial charge in [-0.2, -0.15) is 0 Å². The van der Waals surface area contributed by atoms with Gasteiger partial charge in [0.15, 0.2) is 0 Å². The number of hydrogen-bond donors (Lipinski definition) is 1. The van der Waals surface area contributed by atoms with Gasteiger partial charge in [0.2, 0.25) is 5.91 Å². The zero-order valence-electron chi connectivity index (χ0n) is 12.7. The number of rotatable bonds is 5. The number of amides is 1. The second-order valence-electron chi connectivity index (χ2n) is 7.09. The first-order chi connectivity index (χ1) is 9.43. The number of nitrogens with zero attached hydrogens (tertiary/aromatic N) is 1. The van der Waals surface area contributed by atoms with Crippen molar-refractivity contribution in [3.8, 4) is 0 Å². The highest BCUT2D eigenvalue weighted by Gasteiger charge is 2.45. The van der Waals surface area contributed by atoms with Gasteiger partial charge in [-0.05, 0) is 37.5 Å². The molecule has 1 heterocycles. The minimum Gasteiger partial charge on any atom is -0.481 e. The summed E-state index contributed by atoms with van der Waals surface area (Å²) in [4.78, 5) is 25.7. The van der Waals surface area contributed by atoms with Gasteiger partial charge in [-0.25, -0.2) is 0 Å². The predicted molar refractivity (Wildman–Crippen MR) is 77.3 cm³/mol. The van der Waals surface area contributed by atoms with Crippen LogP contribution in [-0.2, 0) is 9.59 Å². The number of likely N-dealkylation sites (tertiary alicyclic amines) is 1. The van der Waals surface area contributed by atoms with Gasteiger partial charge >= 0.3 is 5.97 Å². The molecule has 1 unspecified atom stereocenters. The molecule has 4 nitrogen and oxygen atoms in total. The summed E-state index contributed by atoms with van der Waals surface area (Å²) >= 11 is 0.